The van der Waals surface area contributed by atoms with Crippen LogP contribution in [0.25, 0.3) is 16.6 Å². The maximum Gasteiger partial charge on any atom is 0.253 e. The number of rotatable bonds is 4. The van der Waals surface area contributed by atoms with Gasteiger partial charge in [0, 0.05) is 28.7 Å². The van der Waals surface area contributed by atoms with Gasteiger partial charge < -0.3 is 10.3 Å². The monoisotopic (exact) mass is 513 g/mol. The highest BCUT2D eigenvalue weighted by Crippen LogP contribution is 2.40. The van der Waals surface area contributed by atoms with Crippen molar-refractivity contribution in [1.29, 1.82) is 0 Å². The Labute approximate surface area is 218 Å². The number of H-pyrrole nitrogens is 1. The van der Waals surface area contributed by atoms with E-state index in [1.54, 1.807) is 29.1 Å². The minimum absolute atomic E-state index is 0.305. The molecule has 2 heterocycles. The largest absolute Gasteiger partial charge is 0.358 e. The van der Waals surface area contributed by atoms with E-state index >= 15 is 0 Å². The van der Waals surface area contributed by atoms with Crippen molar-refractivity contribution in [1.82, 2.24) is 25.1 Å². The van der Waals surface area contributed by atoms with Gasteiger partial charge in [0.2, 0.25) is 0 Å². The van der Waals surface area contributed by atoms with Crippen LogP contribution in [-0.2, 0) is 18.4 Å². The summed E-state index contributed by atoms with van der Waals surface area (Å²) in [6.45, 7) is 3.91. The standard InChI is InChI=1S/C29H25ClFN5O/c1-17-6-8-22-24-15-29(19-4-3-5-20(31)13-19,11-10-26(24)33-27(22)12-17)34-28(37)23-9-7-21(14-25(23)30)36-16-32-35-18(36)2/h3-9,12-14,16,33H,10-11,15H2,1-2H3,(H,34,37). The molecule has 2 N–H and O–H groups in total. The van der Waals surface area contributed by atoms with E-state index in [2.05, 4.69) is 45.6 Å². The van der Waals surface area contributed by atoms with E-state index in [0.717, 1.165) is 39.8 Å². The van der Waals surface area contributed by atoms with Gasteiger partial charge >= 0.3 is 0 Å². The Morgan fingerprint density at radius 1 is 1.14 bits per heavy atom. The normalized spacial score (nSPS) is 17.1. The summed E-state index contributed by atoms with van der Waals surface area (Å²) in [5.41, 5.74) is 5.63. The second-order valence-electron chi connectivity index (χ2n) is 9.77. The molecule has 0 radical (unpaired) electrons. The second kappa shape index (κ2) is 8.85. The van der Waals surface area contributed by atoms with Crippen molar-refractivity contribution < 1.29 is 9.18 Å². The maximum atomic E-state index is 14.4. The van der Waals surface area contributed by atoms with E-state index in [1.165, 1.54) is 17.7 Å². The highest BCUT2D eigenvalue weighted by Gasteiger charge is 2.39. The van der Waals surface area contributed by atoms with Gasteiger partial charge in [-0.3, -0.25) is 9.36 Å². The number of aryl methyl sites for hydroxylation is 3. The van der Waals surface area contributed by atoms with E-state index in [9.17, 15) is 9.18 Å². The van der Waals surface area contributed by atoms with Crippen LogP contribution in [0.5, 0.6) is 0 Å². The third-order valence-corrected chi connectivity index (χ3v) is 7.67. The molecular formula is C29H25ClFN5O. The molecule has 0 spiro atoms. The summed E-state index contributed by atoms with van der Waals surface area (Å²) in [4.78, 5) is 17.2. The Kier molecular flexibility index (Phi) is 5.60. The number of halogens is 2. The molecular weight excluding hydrogens is 489 g/mol. The highest BCUT2D eigenvalue weighted by atomic mass is 35.5. The molecule has 1 aliphatic carbocycles. The summed E-state index contributed by atoms with van der Waals surface area (Å²) < 4.78 is 16.2. The number of benzene rings is 3. The van der Waals surface area contributed by atoms with E-state index in [0.29, 0.717) is 29.3 Å². The number of fused-ring (bicyclic) bond motifs is 3. The van der Waals surface area contributed by atoms with Crippen LogP contribution in [0.3, 0.4) is 0 Å². The lowest BCUT2D eigenvalue weighted by Gasteiger charge is -2.39. The molecule has 3 aromatic carbocycles. The van der Waals surface area contributed by atoms with Crippen molar-refractivity contribution in [3.05, 3.63) is 112 Å². The van der Waals surface area contributed by atoms with Gasteiger partial charge in [-0.1, -0.05) is 35.9 Å². The molecule has 1 aliphatic rings. The Hall–Kier alpha value is -3.97. The number of amides is 1. The Bertz CT molecular complexity index is 1670. The minimum Gasteiger partial charge on any atom is -0.358 e. The summed E-state index contributed by atoms with van der Waals surface area (Å²) in [5.74, 6) is 0.0730. The average molecular weight is 514 g/mol. The fraction of sp³-hybridized carbons (Fsp3) is 0.207. The van der Waals surface area contributed by atoms with Crippen LogP contribution in [-0.4, -0.2) is 25.7 Å². The zero-order valence-corrected chi connectivity index (χ0v) is 21.2. The fourth-order valence-corrected chi connectivity index (χ4v) is 5.71. The molecule has 6 nitrogen and oxygen atoms in total. The van der Waals surface area contributed by atoms with E-state index in [-0.39, 0.29) is 11.7 Å². The van der Waals surface area contributed by atoms with Crippen LogP contribution in [0, 0.1) is 19.7 Å². The van der Waals surface area contributed by atoms with E-state index in [1.807, 2.05) is 19.1 Å². The van der Waals surface area contributed by atoms with E-state index < -0.39 is 5.54 Å². The number of hydrogen-bond donors (Lipinski definition) is 2. The van der Waals surface area contributed by atoms with Crippen LogP contribution in [0.15, 0.2) is 67.0 Å². The van der Waals surface area contributed by atoms with Crippen LogP contribution in [0.2, 0.25) is 5.02 Å². The molecule has 5 aromatic rings. The topological polar surface area (TPSA) is 75.6 Å². The quantitative estimate of drug-likeness (QED) is 0.311. The number of carbonyl (C=O) groups excluding carboxylic acids is 1. The van der Waals surface area contributed by atoms with Gasteiger partial charge in [-0.25, -0.2) is 4.39 Å². The lowest BCUT2D eigenvalue weighted by Crippen LogP contribution is -2.49. The maximum absolute atomic E-state index is 14.4. The van der Waals surface area contributed by atoms with E-state index in [4.69, 9.17) is 11.6 Å². The Balaban J connectivity index is 1.39. The number of aromatic nitrogens is 4. The van der Waals surface area contributed by atoms with Crippen LogP contribution < -0.4 is 5.32 Å². The first-order valence-electron chi connectivity index (χ1n) is 12.2. The first-order chi connectivity index (χ1) is 17.8. The lowest BCUT2D eigenvalue weighted by molar-refractivity contribution is 0.0885. The predicted molar refractivity (Wildman–Crippen MR) is 142 cm³/mol. The first-order valence-corrected chi connectivity index (χ1v) is 12.6. The number of aromatic amines is 1. The smallest absolute Gasteiger partial charge is 0.253 e. The van der Waals surface area contributed by atoms with Crippen molar-refractivity contribution in [2.45, 2.75) is 38.6 Å². The summed E-state index contributed by atoms with van der Waals surface area (Å²) >= 11 is 6.60. The van der Waals surface area contributed by atoms with Crippen LogP contribution in [0.1, 0.15) is 45.0 Å². The lowest BCUT2D eigenvalue weighted by atomic mass is 9.75. The van der Waals surface area contributed by atoms with Crippen molar-refractivity contribution in [3.63, 3.8) is 0 Å². The minimum atomic E-state index is -0.793. The predicted octanol–water partition coefficient (Wildman–Crippen LogP) is 5.97. The molecule has 1 amide bonds. The summed E-state index contributed by atoms with van der Waals surface area (Å²) in [7, 11) is 0. The van der Waals surface area contributed by atoms with Gasteiger partial charge in [-0.05, 0) is 79.8 Å². The molecule has 0 bridgehead atoms. The molecule has 6 rings (SSSR count). The molecule has 8 heteroatoms. The third-order valence-electron chi connectivity index (χ3n) is 7.35. The van der Waals surface area contributed by atoms with Crippen molar-refractivity contribution >= 4 is 28.4 Å². The molecule has 0 fully saturated rings. The first kappa shape index (κ1) is 23.4. The number of nitrogens with one attached hydrogen (secondary N) is 2. The van der Waals surface area contributed by atoms with Gasteiger partial charge in [0.05, 0.1) is 16.1 Å². The number of carbonyl (C=O) groups is 1. The van der Waals surface area contributed by atoms with Crippen molar-refractivity contribution in [2.75, 3.05) is 0 Å². The molecule has 37 heavy (non-hydrogen) atoms. The molecule has 1 unspecified atom stereocenters. The fourth-order valence-electron chi connectivity index (χ4n) is 5.45. The zero-order valence-electron chi connectivity index (χ0n) is 20.5. The molecule has 2 aromatic heterocycles. The highest BCUT2D eigenvalue weighted by molar-refractivity contribution is 6.34. The number of hydrogen-bond acceptors (Lipinski definition) is 3. The van der Waals surface area contributed by atoms with Gasteiger partial charge in [0.25, 0.3) is 5.91 Å². The summed E-state index contributed by atoms with van der Waals surface area (Å²) in [5, 5.41) is 12.6. The zero-order chi connectivity index (χ0) is 25.7. The molecule has 0 aliphatic heterocycles. The van der Waals surface area contributed by atoms with Gasteiger partial charge in [-0.2, -0.15) is 0 Å². The molecule has 1 atom stereocenters. The third kappa shape index (κ3) is 4.09. The van der Waals surface area contributed by atoms with Crippen molar-refractivity contribution in [2.24, 2.45) is 0 Å². The molecule has 186 valence electrons. The summed E-state index contributed by atoms with van der Waals surface area (Å²) in [6.07, 6.45) is 3.48. The van der Waals surface area contributed by atoms with Crippen LogP contribution in [0.4, 0.5) is 4.39 Å². The van der Waals surface area contributed by atoms with Gasteiger partial charge in [0.15, 0.2) is 0 Å². The van der Waals surface area contributed by atoms with Crippen molar-refractivity contribution in [3.8, 4) is 5.69 Å². The SMILES string of the molecule is Cc1ccc2c3c([nH]c2c1)CCC(NC(=O)c1ccc(-n2cnnc2C)cc1Cl)(c1cccc(F)c1)C3. The van der Waals surface area contributed by atoms with Gasteiger partial charge in [0.1, 0.15) is 18.0 Å². The Morgan fingerprint density at radius 3 is 2.76 bits per heavy atom. The number of nitrogens with zero attached hydrogens (tertiary/aromatic N) is 3. The molecule has 0 saturated heterocycles. The average Bonchev–Trinajstić information content (AvgIpc) is 3.46. The Morgan fingerprint density at radius 2 is 2.00 bits per heavy atom. The van der Waals surface area contributed by atoms with Gasteiger partial charge in [-0.15, -0.1) is 10.2 Å². The summed E-state index contributed by atoms with van der Waals surface area (Å²) in [6, 6.07) is 18.1. The van der Waals surface area contributed by atoms with Crippen LogP contribution >= 0.6 is 11.6 Å². The molecule has 0 saturated carbocycles. The second-order valence-corrected chi connectivity index (χ2v) is 10.2.